The molecule has 1 atom stereocenters. The molecular weight excluding hydrogens is 294 g/mol. The number of ether oxygens (including phenoxy) is 3. The third-order valence-electron chi connectivity index (χ3n) is 3.27. The second-order valence-electron chi connectivity index (χ2n) is 4.95. The van der Waals surface area contributed by atoms with Gasteiger partial charge in [0, 0.05) is 12.5 Å². The van der Waals surface area contributed by atoms with Gasteiger partial charge in [-0.15, -0.1) is 0 Å². The van der Waals surface area contributed by atoms with Crippen molar-refractivity contribution in [3.8, 4) is 17.2 Å². The number of methoxy groups -OCH3 is 1. The Balaban J connectivity index is 2.15. The van der Waals surface area contributed by atoms with Gasteiger partial charge in [0.15, 0.2) is 0 Å². The standard InChI is InChI=1S/C18H21NO4/c1-3-22-18(20)16(19)11-13-7-4-5-10-17(13)23-15-9-6-8-14(12-15)21-2/h4-10,12,16H,3,11,19H2,1-2H3. The van der Waals surface area contributed by atoms with Crippen LogP contribution >= 0.6 is 0 Å². The summed E-state index contributed by atoms with van der Waals surface area (Å²) >= 11 is 0. The van der Waals surface area contributed by atoms with E-state index < -0.39 is 12.0 Å². The second-order valence-corrected chi connectivity index (χ2v) is 4.95. The number of hydrogen-bond acceptors (Lipinski definition) is 5. The van der Waals surface area contributed by atoms with Gasteiger partial charge >= 0.3 is 5.97 Å². The summed E-state index contributed by atoms with van der Waals surface area (Å²) in [6, 6.07) is 14.1. The fourth-order valence-corrected chi connectivity index (χ4v) is 2.13. The fourth-order valence-electron chi connectivity index (χ4n) is 2.13. The summed E-state index contributed by atoms with van der Waals surface area (Å²) in [6.45, 7) is 2.07. The molecule has 0 amide bonds. The maximum absolute atomic E-state index is 11.7. The van der Waals surface area contributed by atoms with Gasteiger partial charge in [-0.05, 0) is 30.7 Å². The third-order valence-corrected chi connectivity index (χ3v) is 3.27. The van der Waals surface area contributed by atoms with E-state index in [2.05, 4.69) is 0 Å². The number of rotatable bonds is 7. The predicted octanol–water partition coefficient (Wildman–Crippen LogP) is 2.92. The third kappa shape index (κ3) is 4.72. The molecule has 5 heteroatoms. The van der Waals surface area contributed by atoms with Crippen LogP contribution in [0.3, 0.4) is 0 Å². The maximum atomic E-state index is 11.7. The summed E-state index contributed by atoms with van der Waals surface area (Å²) in [5.41, 5.74) is 6.74. The number of benzene rings is 2. The lowest BCUT2D eigenvalue weighted by Crippen LogP contribution is -2.34. The molecule has 0 aliphatic heterocycles. The molecule has 122 valence electrons. The summed E-state index contributed by atoms with van der Waals surface area (Å²) in [4.78, 5) is 11.7. The summed E-state index contributed by atoms with van der Waals surface area (Å²) in [6.07, 6.45) is 0.346. The largest absolute Gasteiger partial charge is 0.497 e. The minimum absolute atomic E-state index is 0.314. The van der Waals surface area contributed by atoms with Crippen molar-refractivity contribution in [2.45, 2.75) is 19.4 Å². The first-order valence-corrected chi connectivity index (χ1v) is 7.46. The van der Waals surface area contributed by atoms with Crippen molar-refractivity contribution in [2.75, 3.05) is 13.7 Å². The highest BCUT2D eigenvalue weighted by molar-refractivity contribution is 5.76. The van der Waals surface area contributed by atoms with Crippen molar-refractivity contribution >= 4 is 5.97 Å². The maximum Gasteiger partial charge on any atom is 0.323 e. The van der Waals surface area contributed by atoms with Crippen LogP contribution < -0.4 is 15.2 Å². The van der Waals surface area contributed by atoms with Crippen molar-refractivity contribution in [1.29, 1.82) is 0 Å². The molecule has 0 saturated carbocycles. The van der Waals surface area contributed by atoms with Gasteiger partial charge < -0.3 is 19.9 Å². The Bertz CT molecular complexity index is 657. The fraction of sp³-hybridized carbons (Fsp3) is 0.278. The molecule has 2 N–H and O–H groups in total. The first kappa shape index (κ1) is 16.8. The Morgan fingerprint density at radius 1 is 1.13 bits per heavy atom. The highest BCUT2D eigenvalue weighted by Crippen LogP contribution is 2.28. The molecule has 0 radical (unpaired) electrons. The number of nitrogens with two attached hydrogens (primary N) is 1. The topological polar surface area (TPSA) is 70.8 Å². The van der Waals surface area contributed by atoms with Crippen molar-refractivity contribution in [1.82, 2.24) is 0 Å². The van der Waals surface area contributed by atoms with E-state index in [1.54, 1.807) is 20.1 Å². The Kier molecular flexibility index (Phi) is 6.00. The predicted molar refractivity (Wildman–Crippen MR) is 87.8 cm³/mol. The number of carbonyl (C=O) groups excluding carboxylic acids is 1. The van der Waals surface area contributed by atoms with Gasteiger partial charge in [0.1, 0.15) is 23.3 Å². The van der Waals surface area contributed by atoms with Gasteiger partial charge in [-0.1, -0.05) is 24.3 Å². The van der Waals surface area contributed by atoms with Gasteiger partial charge in [0.2, 0.25) is 0 Å². The van der Waals surface area contributed by atoms with E-state index >= 15 is 0 Å². The lowest BCUT2D eigenvalue weighted by Gasteiger charge is -2.15. The lowest BCUT2D eigenvalue weighted by atomic mass is 10.1. The number of carbonyl (C=O) groups is 1. The molecule has 0 heterocycles. The lowest BCUT2D eigenvalue weighted by molar-refractivity contribution is -0.144. The zero-order chi connectivity index (χ0) is 16.7. The molecular formula is C18H21NO4. The first-order valence-electron chi connectivity index (χ1n) is 7.46. The Labute approximate surface area is 136 Å². The van der Waals surface area contributed by atoms with Crippen LogP contribution in [-0.4, -0.2) is 25.7 Å². The van der Waals surface area contributed by atoms with Gasteiger partial charge in [0.25, 0.3) is 0 Å². The van der Waals surface area contributed by atoms with Crippen molar-refractivity contribution in [2.24, 2.45) is 5.73 Å². The van der Waals surface area contributed by atoms with Gasteiger partial charge in [-0.2, -0.15) is 0 Å². The molecule has 2 aromatic carbocycles. The van der Waals surface area contributed by atoms with Gasteiger partial charge in [-0.3, -0.25) is 4.79 Å². The Morgan fingerprint density at radius 3 is 2.61 bits per heavy atom. The summed E-state index contributed by atoms with van der Waals surface area (Å²) in [7, 11) is 1.60. The quantitative estimate of drug-likeness (QED) is 0.796. The summed E-state index contributed by atoms with van der Waals surface area (Å²) in [5.74, 6) is 1.61. The SMILES string of the molecule is CCOC(=O)C(N)Cc1ccccc1Oc1cccc(OC)c1. The molecule has 2 rings (SSSR count). The van der Waals surface area contributed by atoms with E-state index in [9.17, 15) is 4.79 Å². The zero-order valence-corrected chi connectivity index (χ0v) is 13.3. The number of hydrogen-bond donors (Lipinski definition) is 1. The van der Waals surface area contributed by atoms with Crippen molar-refractivity contribution < 1.29 is 19.0 Å². The molecule has 0 spiro atoms. The zero-order valence-electron chi connectivity index (χ0n) is 13.3. The highest BCUT2D eigenvalue weighted by Gasteiger charge is 2.17. The highest BCUT2D eigenvalue weighted by atomic mass is 16.5. The minimum atomic E-state index is -0.718. The van der Waals surface area contributed by atoms with Gasteiger partial charge in [-0.25, -0.2) is 0 Å². The normalized spacial score (nSPS) is 11.6. The van der Waals surface area contributed by atoms with Crippen LogP contribution in [0.25, 0.3) is 0 Å². The van der Waals surface area contributed by atoms with E-state index in [-0.39, 0.29) is 0 Å². The van der Waals surface area contributed by atoms with Gasteiger partial charge in [0.05, 0.1) is 13.7 Å². The molecule has 0 aliphatic carbocycles. The summed E-state index contributed by atoms with van der Waals surface area (Å²) < 4.78 is 16.0. The molecule has 0 fully saturated rings. The first-order chi connectivity index (χ1) is 11.1. The summed E-state index contributed by atoms with van der Waals surface area (Å²) in [5, 5.41) is 0. The molecule has 0 saturated heterocycles. The van der Waals surface area contributed by atoms with Crippen LogP contribution in [0.15, 0.2) is 48.5 Å². The van der Waals surface area contributed by atoms with Crippen molar-refractivity contribution in [3.05, 3.63) is 54.1 Å². The molecule has 1 unspecified atom stereocenters. The van der Waals surface area contributed by atoms with Crippen LogP contribution in [0.5, 0.6) is 17.2 Å². The molecule has 0 bridgehead atoms. The second kappa shape index (κ2) is 8.19. The Morgan fingerprint density at radius 2 is 1.87 bits per heavy atom. The van der Waals surface area contributed by atoms with E-state index in [1.807, 2.05) is 42.5 Å². The average Bonchev–Trinajstić information content (AvgIpc) is 2.57. The van der Waals surface area contributed by atoms with E-state index in [0.717, 1.165) is 5.56 Å². The molecule has 0 aromatic heterocycles. The van der Waals surface area contributed by atoms with Crippen LogP contribution in [-0.2, 0) is 16.0 Å². The van der Waals surface area contributed by atoms with Crippen LogP contribution in [0.1, 0.15) is 12.5 Å². The van der Waals surface area contributed by atoms with Crippen LogP contribution in [0, 0.1) is 0 Å². The minimum Gasteiger partial charge on any atom is -0.497 e. The number of para-hydroxylation sites is 1. The smallest absolute Gasteiger partial charge is 0.323 e. The van der Waals surface area contributed by atoms with E-state index in [1.165, 1.54) is 0 Å². The molecule has 5 nitrogen and oxygen atoms in total. The van der Waals surface area contributed by atoms with E-state index in [4.69, 9.17) is 19.9 Å². The molecule has 2 aromatic rings. The molecule has 0 aliphatic rings. The molecule has 23 heavy (non-hydrogen) atoms. The Hall–Kier alpha value is -2.53. The van der Waals surface area contributed by atoms with Crippen LogP contribution in [0.4, 0.5) is 0 Å². The van der Waals surface area contributed by atoms with Crippen molar-refractivity contribution in [3.63, 3.8) is 0 Å². The van der Waals surface area contributed by atoms with Crippen LogP contribution in [0.2, 0.25) is 0 Å². The van der Waals surface area contributed by atoms with E-state index in [0.29, 0.717) is 30.3 Å². The number of esters is 1. The monoisotopic (exact) mass is 315 g/mol. The average molecular weight is 315 g/mol.